The summed E-state index contributed by atoms with van der Waals surface area (Å²) < 4.78 is 5.65. The molecule has 0 N–H and O–H groups in total. The lowest BCUT2D eigenvalue weighted by Crippen LogP contribution is -2.30. The van der Waals surface area contributed by atoms with Gasteiger partial charge >= 0.3 is 0 Å². The second kappa shape index (κ2) is 4.81. The van der Waals surface area contributed by atoms with Crippen molar-refractivity contribution in [3.05, 3.63) is 23.5 Å². The predicted molar refractivity (Wildman–Crippen MR) is 60.4 cm³/mol. The van der Waals surface area contributed by atoms with Crippen molar-refractivity contribution in [2.45, 2.75) is 18.9 Å². The highest BCUT2D eigenvalue weighted by atomic mass is 35.5. The van der Waals surface area contributed by atoms with Crippen molar-refractivity contribution < 1.29 is 4.74 Å². The van der Waals surface area contributed by atoms with Gasteiger partial charge < -0.3 is 9.64 Å². The molecule has 1 aromatic heterocycles. The van der Waals surface area contributed by atoms with Crippen molar-refractivity contribution >= 4 is 11.6 Å². The summed E-state index contributed by atoms with van der Waals surface area (Å²) in [4.78, 5) is 6.31. The minimum atomic E-state index is 0.500. The number of likely N-dealkylation sites (N-methyl/N-ethyl adjacent to an activating group) is 1. The van der Waals surface area contributed by atoms with E-state index in [1.54, 1.807) is 12.3 Å². The molecular weight excluding hydrogens is 212 g/mol. The first kappa shape index (κ1) is 10.7. The summed E-state index contributed by atoms with van der Waals surface area (Å²) in [6, 6.07) is 4.14. The monoisotopic (exact) mass is 226 g/mol. The highest BCUT2D eigenvalue weighted by Crippen LogP contribution is 2.17. The molecule has 0 saturated carbocycles. The Hall–Kier alpha value is -0.800. The molecule has 2 heterocycles. The molecule has 0 radical (unpaired) electrons. The van der Waals surface area contributed by atoms with Gasteiger partial charge in [0.15, 0.2) is 0 Å². The number of hydrogen-bond acceptors (Lipinski definition) is 3. The molecule has 4 heteroatoms. The Labute approximate surface area is 95.0 Å². The lowest BCUT2D eigenvalue weighted by Gasteiger charge is -2.19. The Bertz CT molecular complexity index is 315. The van der Waals surface area contributed by atoms with Crippen molar-refractivity contribution in [1.82, 2.24) is 9.88 Å². The van der Waals surface area contributed by atoms with Crippen LogP contribution in [-0.2, 0) is 0 Å². The Morgan fingerprint density at radius 3 is 3.07 bits per heavy atom. The summed E-state index contributed by atoms with van der Waals surface area (Å²) in [5.41, 5.74) is 0. The molecule has 0 aliphatic carbocycles. The van der Waals surface area contributed by atoms with E-state index in [4.69, 9.17) is 16.3 Å². The van der Waals surface area contributed by atoms with Gasteiger partial charge in [-0.1, -0.05) is 11.6 Å². The van der Waals surface area contributed by atoms with Crippen LogP contribution < -0.4 is 4.74 Å². The molecule has 1 fully saturated rings. The van der Waals surface area contributed by atoms with Crippen molar-refractivity contribution in [1.29, 1.82) is 0 Å². The molecule has 2 rings (SSSR count). The maximum atomic E-state index is 5.69. The van der Waals surface area contributed by atoms with Crippen molar-refractivity contribution in [2.75, 3.05) is 20.2 Å². The Balaban J connectivity index is 1.85. The minimum Gasteiger partial charge on any atom is -0.490 e. The maximum Gasteiger partial charge on any atom is 0.137 e. The summed E-state index contributed by atoms with van der Waals surface area (Å²) in [6.07, 6.45) is 4.15. The third-order valence-corrected chi connectivity index (χ3v) is 3.04. The van der Waals surface area contributed by atoms with Crippen molar-refractivity contribution in [3.63, 3.8) is 0 Å². The summed E-state index contributed by atoms with van der Waals surface area (Å²) in [6.45, 7) is 1.91. The van der Waals surface area contributed by atoms with Crippen molar-refractivity contribution in [3.8, 4) is 5.75 Å². The molecule has 1 aliphatic rings. The van der Waals surface area contributed by atoms with Crippen molar-refractivity contribution in [2.24, 2.45) is 0 Å². The van der Waals surface area contributed by atoms with Gasteiger partial charge in [-0.05, 0) is 38.6 Å². The highest BCUT2D eigenvalue weighted by Gasteiger charge is 2.21. The molecule has 1 atom stereocenters. The number of likely N-dealkylation sites (tertiary alicyclic amines) is 1. The number of hydrogen-bond donors (Lipinski definition) is 0. The van der Waals surface area contributed by atoms with Gasteiger partial charge in [0.1, 0.15) is 17.5 Å². The SMILES string of the molecule is CN1CCC[C@@H]1COc1ccc(Cl)nc1. The van der Waals surface area contributed by atoms with Gasteiger partial charge in [-0.2, -0.15) is 0 Å². The van der Waals surface area contributed by atoms with Crippen LogP contribution in [0.1, 0.15) is 12.8 Å². The fourth-order valence-electron chi connectivity index (χ4n) is 1.83. The van der Waals surface area contributed by atoms with E-state index in [0.29, 0.717) is 11.2 Å². The number of halogens is 1. The topological polar surface area (TPSA) is 25.4 Å². The van der Waals surface area contributed by atoms with Crippen LogP contribution in [0.5, 0.6) is 5.75 Å². The van der Waals surface area contributed by atoms with Crippen LogP contribution in [0.15, 0.2) is 18.3 Å². The molecule has 0 unspecified atom stereocenters. The molecule has 82 valence electrons. The van der Waals surface area contributed by atoms with E-state index in [0.717, 1.165) is 12.4 Å². The minimum absolute atomic E-state index is 0.500. The van der Waals surface area contributed by atoms with Gasteiger partial charge in [-0.25, -0.2) is 4.98 Å². The molecule has 0 amide bonds. The standard InChI is InChI=1S/C11H15ClN2O/c1-14-6-2-3-9(14)8-15-10-4-5-11(12)13-7-10/h4-5,7,9H,2-3,6,8H2,1H3/t9-/m1/s1. The molecule has 1 aliphatic heterocycles. The third kappa shape index (κ3) is 2.83. The molecule has 0 bridgehead atoms. The summed E-state index contributed by atoms with van der Waals surface area (Å²) in [5.74, 6) is 0.791. The smallest absolute Gasteiger partial charge is 0.137 e. The van der Waals surface area contributed by atoms with E-state index in [9.17, 15) is 0 Å². The number of ether oxygens (including phenoxy) is 1. The zero-order valence-corrected chi connectivity index (χ0v) is 9.57. The van der Waals surface area contributed by atoms with Crippen LogP contribution in [0.25, 0.3) is 0 Å². The second-order valence-corrected chi connectivity index (χ2v) is 4.29. The fraction of sp³-hybridized carbons (Fsp3) is 0.545. The van der Waals surface area contributed by atoms with E-state index in [-0.39, 0.29) is 0 Å². The van der Waals surface area contributed by atoms with E-state index < -0.39 is 0 Å². The quantitative estimate of drug-likeness (QED) is 0.739. The Morgan fingerprint density at radius 2 is 2.47 bits per heavy atom. The second-order valence-electron chi connectivity index (χ2n) is 3.90. The molecular formula is C11H15ClN2O. The zero-order chi connectivity index (χ0) is 10.7. The largest absolute Gasteiger partial charge is 0.490 e. The molecule has 1 aromatic rings. The van der Waals surface area contributed by atoms with E-state index in [1.807, 2.05) is 6.07 Å². The normalized spacial score (nSPS) is 21.9. The van der Waals surface area contributed by atoms with Gasteiger partial charge in [-0.15, -0.1) is 0 Å². The molecule has 0 spiro atoms. The predicted octanol–water partition coefficient (Wildman–Crippen LogP) is 2.21. The lowest BCUT2D eigenvalue weighted by molar-refractivity contribution is 0.198. The molecule has 0 aromatic carbocycles. The molecule has 3 nitrogen and oxygen atoms in total. The zero-order valence-electron chi connectivity index (χ0n) is 8.82. The van der Waals surface area contributed by atoms with Gasteiger partial charge in [-0.3, -0.25) is 0 Å². The summed E-state index contributed by atoms with van der Waals surface area (Å²) in [7, 11) is 2.14. The highest BCUT2D eigenvalue weighted by molar-refractivity contribution is 6.29. The Kier molecular flexibility index (Phi) is 3.44. The summed E-state index contributed by atoms with van der Waals surface area (Å²) in [5, 5.41) is 0.500. The van der Waals surface area contributed by atoms with Crippen LogP contribution >= 0.6 is 11.6 Å². The van der Waals surface area contributed by atoms with Crippen LogP contribution in [0.3, 0.4) is 0 Å². The van der Waals surface area contributed by atoms with E-state index in [1.165, 1.54) is 19.4 Å². The average Bonchev–Trinajstić information content (AvgIpc) is 2.63. The lowest BCUT2D eigenvalue weighted by atomic mass is 10.2. The molecule has 15 heavy (non-hydrogen) atoms. The Morgan fingerprint density at radius 1 is 1.60 bits per heavy atom. The third-order valence-electron chi connectivity index (χ3n) is 2.81. The number of rotatable bonds is 3. The number of nitrogens with zero attached hydrogens (tertiary/aromatic N) is 2. The van der Waals surface area contributed by atoms with Crippen LogP contribution in [-0.4, -0.2) is 36.1 Å². The first-order valence-electron chi connectivity index (χ1n) is 5.20. The number of pyridine rings is 1. The average molecular weight is 227 g/mol. The van der Waals surface area contributed by atoms with E-state index in [2.05, 4.69) is 16.9 Å². The van der Waals surface area contributed by atoms with Crippen LogP contribution in [0.4, 0.5) is 0 Å². The molecule has 1 saturated heterocycles. The van der Waals surface area contributed by atoms with Gasteiger partial charge in [0.05, 0.1) is 6.20 Å². The fourth-order valence-corrected chi connectivity index (χ4v) is 1.94. The first-order valence-corrected chi connectivity index (χ1v) is 5.58. The number of aromatic nitrogens is 1. The van der Waals surface area contributed by atoms with Gasteiger partial charge in [0, 0.05) is 6.04 Å². The summed E-state index contributed by atoms with van der Waals surface area (Å²) >= 11 is 5.69. The first-order chi connectivity index (χ1) is 7.25. The van der Waals surface area contributed by atoms with E-state index >= 15 is 0 Å². The van der Waals surface area contributed by atoms with Crippen LogP contribution in [0.2, 0.25) is 5.15 Å². The van der Waals surface area contributed by atoms with Crippen LogP contribution in [0, 0.1) is 0 Å². The maximum absolute atomic E-state index is 5.69. The van der Waals surface area contributed by atoms with Gasteiger partial charge in [0.25, 0.3) is 0 Å². The van der Waals surface area contributed by atoms with Gasteiger partial charge in [0.2, 0.25) is 0 Å².